The summed E-state index contributed by atoms with van der Waals surface area (Å²) in [7, 11) is 0. The highest BCUT2D eigenvalue weighted by Crippen LogP contribution is 2.16. The second kappa shape index (κ2) is 25.9. The normalized spacial score (nSPS) is 11.4. The quantitative estimate of drug-likeness (QED) is 0.115. The van der Waals surface area contributed by atoms with E-state index < -0.39 is 0 Å². The van der Waals surface area contributed by atoms with Crippen molar-refractivity contribution in [3.05, 3.63) is 24.5 Å². The number of hydrogen-bond acceptors (Lipinski definition) is 0. The smallest absolute Gasteiger partial charge is 0.0219 e. The largest absolute Gasteiger partial charge is 0.354 e. The minimum absolute atomic E-state index is 1.20. The summed E-state index contributed by atoms with van der Waals surface area (Å²) in [5, 5.41) is 0. The highest BCUT2D eigenvalue weighted by atomic mass is 14.9. The van der Waals surface area contributed by atoms with Crippen LogP contribution in [-0.4, -0.2) is 4.57 Å². The van der Waals surface area contributed by atoms with Gasteiger partial charge in [0.2, 0.25) is 0 Å². The van der Waals surface area contributed by atoms with Crippen LogP contribution >= 0.6 is 0 Å². The molecule has 0 aliphatic carbocycles. The van der Waals surface area contributed by atoms with Crippen LogP contribution < -0.4 is 0 Å². The summed E-state index contributed by atoms with van der Waals surface area (Å²) >= 11 is 0. The van der Waals surface area contributed by atoms with Gasteiger partial charge in [-0.05, 0) is 18.6 Å². The third-order valence-corrected chi connectivity index (χ3v) is 7.44. The molecule has 0 fully saturated rings. The van der Waals surface area contributed by atoms with E-state index in [2.05, 4.69) is 36.0 Å². The Labute approximate surface area is 209 Å². The molecule has 1 nitrogen and oxygen atoms in total. The van der Waals surface area contributed by atoms with Gasteiger partial charge < -0.3 is 4.57 Å². The van der Waals surface area contributed by atoms with Gasteiger partial charge in [0.05, 0.1) is 0 Å². The summed E-state index contributed by atoms with van der Waals surface area (Å²) < 4.78 is 2.30. The molecule has 0 amide bonds. The Hall–Kier alpha value is -0.720. The Kier molecular flexibility index (Phi) is 23.8. The third kappa shape index (κ3) is 22.8. The number of aryl methyl sites for hydroxylation is 1. The first kappa shape index (κ1) is 30.3. The van der Waals surface area contributed by atoms with Crippen molar-refractivity contribution in [3.63, 3.8) is 0 Å². The maximum Gasteiger partial charge on any atom is 0.0219 e. The topological polar surface area (TPSA) is 4.93 Å². The summed E-state index contributed by atoms with van der Waals surface area (Å²) in [6.45, 7) is 3.51. The fourth-order valence-electron chi connectivity index (χ4n) is 5.13. The molecule has 0 spiro atoms. The van der Waals surface area contributed by atoms with Crippen LogP contribution in [0.5, 0.6) is 0 Å². The molecule has 1 rings (SSSR count). The number of hydrogen-bond donors (Lipinski definition) is 0. The van der Waals surface area contributed by atoms with Crippen LogP contribution in [0.15, 0.2) is 24.5 Å². The summed E-state index contributed by atoms with van der Waals surface area (Å²) in [5.74, 6) is 0. The van der Waals surface area contributed by atoms with E-state index in [-0.39, 0.29) is 0 Å². The molecule has 0 radical (unpaired) electrons. The van der Waals surface area contributed by atoms with Gasteiger partial charge in [-0.25, -0.2) is 0 Å². The first-order valence-electron chi connectivity index (χ1n) is 15.5. The highest BCUT2D eigenvalue weighted by molar-refractivity contribution is 4.89. The lowest BCUT2D eigenvalue weighted by molar-refractivity contribution is 0.512. The van der Waals surface area contributed by atoms with Crippen molar-refractivity contribution in [2.45, 2.75) is 180 Å². The number of aromatic nitrogens is 1. The lowest BCUT2D eigenvalue weighted by Crippen LogP contribution is -1.93. The van der Waals surface area contributed by atoms with Gasteiger partial charge in [-0.1, -0.05) is 167 Å². The molecule has 0 saturated carbocycles. The van der Waals surface area contributed by atoms with Gasteiger partial charge >= 0.3 is 0 Å². The molecule has 0 saturated heterocycles. The third-order valence-electron chi connectivity index (χ3n) is 7.44. The zero-order chi connectivity index (χ0) is 23.5. The van der Waals surface area contributed by atoms with Crippen LogP contribution in [0.1, 0.15) is 174 Å². The van der Waals surface area contributed by atoms with Crippen LogP contribution in [0.4, 0.5) is 0 Å². The Morgan fingerprint density at radius 2 is 0.576 bits per heavy atom. The number of rotatable bonds is 27. The minimum Gasteiger partial charge on any atom is -0.354 e. The molecule has 1 aromatic rings. The van der Waals surface area contributed by atoms with Crippen LogP contribution in [0.25, 0.3) is 0 Å². The Morgan fingerprint density at radius 3 is 0.848 bits per heavy atom. The average molecular weight is 460 g/mol. The van der Waals surface area contributed by atoms with E-state index in [1.165, 1.54) is 173 Å². The summed E-state index contributed by atoms with van der Waals surface area (Å²) in [6, 6.07) is 4.25. The predicted octanol–water partition coefficient (Wildman–Crippen LogP) is 11.7. The van der Waals surface area contributed by atoms with Gasteiger partial charge in [-0.2, -0.15) is 0 Å². The maximum absolute atomic E-state index is 2.30. The average Bonchev–Trinajstić information content (AvgIpc) is 3.35. The zero-order valence-electron chi connectivity index (χ0n) is 22.8. The molecule has 0 aliphatic rings. The van der Waals surface area contributed by atoms with Gasteiger partial charge in [0.15, 0.2) is 0 Å². The summed E-state index contributed by atoms with van der Waals surface area (Å²) in [5.41, 5.74) is 0. The molecule has 1 aromatic heterocycles. The van der Waals surface area contributed by atoms with Crippen molar-refractivity contribution in [2.24, 2.45) is 0 Å². The van der Waals surface area contributed by atoms with Crippen molar-refractivity contribution in [3.8, 4) is 0 Å². The molecule has 1 heterocycles. The number of unbranched alkanes of at least 4 members (excludes halogenated alkanes) is 25. The van der Waals surface area contributed by atoms with Crippen molar-refractivity contribution in [2.75, 3.05) is 0 Å². The van der Waals surface area contributed by atoms with E-state index in [0.717, 1.165) is 0 Å². The summed E-state index contributed by atoms with van der Waals surface area (Å²) in [6.07, 6.45) is 42.4. The van der Waals surface area contributed by atoms with Gasteiger partial charge in [0.1, 0.15) is 0 Å². The van der Waals surface area contributed by atoms with Gasteiger partial charge in [0, 0.05) is 18.9 Å². The van der Waals surface area contributed by atoms with Crippen molar-refractivity contribution in [1.82, 2.24) is 4.57 Å². The molecule has 1 heteroatoms. The lowest BCUT2D eigenvalue weighted by Gasteiger charge is -2.05. The predicted molar refractivity (Wildman–Crippen MR) is 150 cm³/mol. The van der Waals surface area contributed by atoms with E-state index in [1.54, 1.807) is 0 Å². The molecular weight excluding hydrogens is 398 g/mol. The van der Waals surface area contributed by atoms with Gasteiger partial charge in [-0.3, -0.25) is 0 Å². The van der Waals surface area contributed by atoms with Gasteiger partial charge in [0.25, 0.3) is 0 Å². The monoisotopic (exact) mass is 459 g/mol. The van der Waals surface area contributed by atoms with Crippen molar-refractivity contribution < 1.29 is 0 Å². The Balaban J connectivity index is 1.62. The van der Waals surface area contributed by atoms with E-state index in [0.29, 0.717) is 0 Å². The lowest BCUT2D eigenvalue weighted by atomic mass is 10.0. The molecule has 0 aliphatic heterocycles. The molecular formula is C32H61N. The SMILES string of the molecule is CCCCCCCCCCCCCCCCCCCCCCCCCCCCn1cccc1. The molecule has 0 atom stereocenters. The maximum atomic E-state index is 2.30. The molecule has 33 heavy (non-hydrogen) atoms. The van der Waals surface area contributed by atoms with E-state index in [4.69, 9.17) is 0 Å². The number of nitrogens with zero attached hydrogens (tertiary/aromatic N) is 1. The standard InChI is InChI=1S/C32H61N/c1-2-3-4-5-6-7-8-9-10-11-12-13-14-15-16-17-18-19-20-21-22-23-24-25-26-27-30-33-31-28-29-32-33/h28-29,31-32H,2-27,30H2,1H3. The Morgan fingerprint density at radius 1 is 0.333 bits per heavy atom. The van der Waals surface area contributed by atoms with E-state index in [1.807, 2.05) is 0 Å². The van der Waals surface area contributed by atoms with Crippen LogP contribution in [-0.2, 0) is 6.54 Å². The second-order valence-corrected chi connectivity index (χ2v) is 10.8. The first-order valence-corrected chi connectivity index (χ1v) is 15.5. The van der Waals surface area contributed by atoms with Crippen LogP contribution in [0.2, 0.25) is 0 Å². The second-order valence-electron chi connectivity index (χ2n) is 10.8. The fourth-order valence-corrected chi connectivity index (χ4v) is 5.13. The first-order chi connectivity index (χ1) is 16.4. The minimum atomic E-state index is 1.20. The molecule has 0 unspecified atom stereocenters. The zero-order valence-corrected chi connectivity index (χ0v) is 22.8. The molecule has 0 N–H and O–H groups in total. The van der Waals surface area contributed by atoms with E-state index >= 15 is 0 Å². The summed E-state index contributed by atoms with van der Waals surface area (Å²) in [4.78, 5) is 0. The molecule has 0 aromatic carbocycles. The van der Waals surface area contributed by atoms with Crippen LogP contribution in [0, 0.1) is 0 Å². The fraction of sp³-hybridized carbons (Fsp3) is 0.875. The van der Waals surface area contributed by atoms with Crippen molar-refractivity contribution >= 4 is 0 Å². The van der Waals surface area contributed by atoms with Crippen LogP contribution in [0.3, 0.4) is 0 Å². The van der Waals surface area contributed by atoms with E-state index in [9.17, 15) is 0 Å². The van der Waals surface area contributed by atoms with Gasteiger partial charge in [-0.15, -0.1) is 0 Å². The van der Waals surface area contributed by atoms with Crippen molar-refractivity contribution in [1.29, 1.82) is 0 Å². The molecule has 194 valence electrons. The molecule has 0 bridgehead atoms. The highest BCUT2D eigenvalue weighted by Gasteiger charge is 1.96. The Bertz CT molecular complexity index is 449.